The number of nitrogens with two attached hydrogens (primary N) is 1. The summed E-state index contributed by atoms with van der Waals surface area (Å²) in [5.74, 6) is -1.93. The van der Waals surface area contributed by atoms with Crippen LogP contribution < -0.4 is 11.1 Å². The van der Waals surface area contributed by atoms with Crippen molar-refractivity contribution in [3.63, 3.8) is 0 Å². The molecule has 0 radical (unpaired) electrons. The number of halogens is 3. The Morgan fingerprint density at radius 2 is 1.69 bits per heavy atom. The van der Waals surface area contributed by atoms with Crippen LogP contribution in [0, 0.1) is 0 Å². The SMILES string of the molecule is C=C(CC1(c2ccc(C(F)(F)F)cc2)CCCC1)NC(=O)/C(OCCCC)=C(\N)C(=O)OC(C)(C)C. The lowest BCUT2D eigenvalue weighted by atomic mass is 9.75. The summed E-state index contributed by atoms with van der Waals surface area (Å²) in [5.41, 5.74) is 4.68. The maximum atomic E-state index is 13.1. The summed E-state index contributed by atoms with van der Waals surface area (Å²) in [6.07, 6.45) is 0.719. The van der Waals surface area contributed by atoms with Crippen molar-refractivity contribution in [1.82, 2.24) is 5.32 Å². The van der Waals surface area contributed by atoms with Crippen LogP contribution in [-0.2, 0) is 30.7 Å². The maximum absolute atomic E-state index is 13.1. The summed E-state index contributed by atoms with van der Waals surface area (Å²) in [4.78, 5) is 25.5. The second kappa shape index (κ2) is 11.8. The van der Waals surface area contributed by atoms with E-state index >= 15 is 0 Å². The van der Waals surface area contributed by atoms with Gasteiger partial charge in [0.05, 0.1) is 12.2 Å². The minimum absolute atomic E-state index is 0.185. The quantitative estimate of drug-likeness (QED) is 0.178. The Morgan fingerprint density at radius 1 is 1.11 bits per heavy atom. The number of nitrogens with one attached hydrogen (secondary N) is 1. The average molecular weight is 511 g/mol. The molecule has 1 aromatic carbocycles. The lowest BCUT2D eigenvalue weighted by molar-refractivity contribution is -0.150. The van der Waals surface area contributed by atoms with Crippen molar-refractivity contribution in [2.45, 2.75) is 89.8 Å². The molecule has 0 bridgehead atoms. The highest BCUT2D eigenvalue weighted by atomic mass is 19.4. The highest BCUT2D eigenvalue weighted by Gasteiger charge is 2.38. The topological polar surface area (TPSA) is 90.6 Å². The summed E-state index contributed by atoms with van der Waals surface area (Å²) in [5, 5.41) is 2.68. The lowest BCUT2D eigenvalue weighted by Gasteiger charge is -2.31. The molecule has 0 saturated heterocycles. The van der Waals surface area contributed by atoms with Gasteiger partial charge in [-0.2, -0.15) is 13.2 Å². The van der Waals surface area contributed by atoms with E-state index in [-0.39, 0.29) is 12.4 Å². The van der Waals surface area contributed by atoms with Crippen molar-refractivity contribution >= 4 is 11.9 Å². The van der Waals surface area contributed by atoms with E-state index in [0.29, 0.717) is 18.5 Å². The van der Waals surface area contributed by atoms with Gasteiger partial charge in [0.1, 0.15) is 5.60 Å². The molecular weight excluding hydrogens is 473 g/mol. The number of hydrogen-bond donors (Lipinski definition) is 2. The molecule has 0 heterocycles. The van der Waals surface area contributed by atoms with Gasteiger partial charge < -0.3 is 20.5 Å². The van der Waals surface area contributed by atoms with E-state index in [1.807, 2.05) is 6.92 Å². The van der Waals surface area contributed by atoms with Gasteiger partial charge in [-0.25, -0.2) is 4.79 Å². The molecule has 6 nitrogen and oxygen atoms in total. The summed E-state index contributed by atoms with van der Waals surface area (Å²) in [6.45, 7) is 11.2. The third-order valence-electron chi connectivity index (χ3n) is 6.04. The summed E-state index contributed by atoms with van der Waals surface area (Å²) < 4.78 is 49.9. The Bertz CT molecular complexity index is 970. The van der Waals surface area contributed by atoms with Crippen LogP contribution >= 0.6 is 0 Å². The number of hydrogen-bond acceptors (Lipinski definition) is 5. The second-order valence-corrected chi connectivity index (χ2v) is 10.2. The fourth-order valence-electron chi connectivity index (χ4n) is 4.31. The minimum atomic E-state index is -4.41. The third kappa shape index (κ3) is 8.03. The molecule has 1 aromatic rings. The number of esters is 1. The fourth-order valence-corrected chi connectivity index (χ4v) is 4.31. The highest BCUT2D eigenvalue weighted by molar-refractivity contribution is 6.01. The average Bonchev–Trinajstić information content (AvgIpc) is 3.24. The van der Waals surface area contributed by atoms with Gasteiger partial charge in [-0.15, -0.1) is 0 Å². The molecule has 200 valence electrons. The molecule has 3 N–H and O–H groups in total. The minimum Gasteiger partial charge on any atom is -0.486 e. The first kappa shape index (κ1) is 29.3. The number of ether oxygens (including phenoxy) is 2. The van der Waals surface area contributed by atoms with Gasteiger partial charge in [0.2, 0.25) is 5.76 Å². The molecule has 0 aliphatic heterocycles. The first-order valence-electron chi connectivity index (χ1n) is 12.2. The van der Waals surface area contributed by atoms with Crippen LogP contribution in [0.1, 0.15) is 83.8 Å². The number of unbranched alkanes of at least 4 members (excludes halogenated alkanes) is 1. The smallest absolute Gasteiger partial charge is 0.416 e. The fraction of sp³-hybridized carbons (Fsp3) is 0.556. The third-order valence-corrected chi connectivity index (χ3v) is 6.04. The van der Waals surface area contributed by atoms with Gasteiger partial charge >= 0.3 is 12.1 Å². The Kier molecular flexibility index (Phi) is 9.63. The molecule has 9 heteroatoms. The zero-order valence-electron chi connectivity index (χ0n) is 21.5. The van der Waals surface area contributed by atoms with E-state index in [1.165, 1.54) is 12.1 Å². The Morgan fingerprint density at radius 3 is 2.19 bits per heavy atom. The highest BCUT2D eigenvalue weighted by Crippen LogP contribution is 2.45. The molecule has 1 amide bonds. The molecule has 0 unspecified atom stereocenters. The Balaban J connectivity index is 2.22. The summed E-state index contributed by atoms with van der Waals surface area (Å²) in [7, 11) is 0. The van der Waals surface area contributed by atoms with E-state index in [1.54, 1.807) is 20.8 Å². The number of amides is 1. The molecule has 1 aliphatic carbocycles. The molecule has 1 aliphatic rings. The van der Waals surface area contributed by atoms with Crippen LogP contribution in [0.5, 0.6) is 0 Å². The second-order valence-electron chi connectivity index (χ2n) is 10.2. The van der Waals surface area contributed by atoms with Gasteiger partial charge in [0.15, 0.2) is 5.70 Å². The van der Waals surface area contributed by atoms with E-state index in [4.69, 9.17) is 15.2 Å². The monoisotopic (exact) mass is 510 g/mol. The first-order valence-corrected chi connectivity index (χ1v) is 12.2. The number of allylic oxidation sites excluding steroid dienone is 1. The molecule has 36 heavy (non-hydrogen) atoms. The lowest BCUT2D eigenvalue weighted by Crippen LogP contribution is -2.34. The summed E-state index contributed by atoms with van der Waals surface area (Å²) in [6, 6.07) is 5.17. The van der Waals surface area contributed by atoms with Crippen LogP contribution in [0.15, 0.2) is 48.0 Å². The van der Waals surface area contributed by atoms with Crippen molar-refractivity contribution in [1.29, 1.82) is 0 Å². The molecule has 0 aromatic heterocycles. The van der Waals surface area contributed by atoms with Gasteiger partial charge in [-0.1, -0.05) is 44.9 Å². The van der Waals surface area contributed by atoms with Gasteiger partial charge in [0.25, 0.3) is 5.91 Å². The number of benzene rings is 1. The van der Waals surface area contributed by atoms with Crippen molar-refractivity contribution in [3.05, 3.63) is 59.1 Å². The molecule has 1 fully saturated rings. The molecule has 2 rings (SSSR count). The van der Waals surface area contributed by atoms with Crippen molar-refractivity contribution in [3.8, 4) is 0 Å². The Labute approximate surface area is 211 Å². The number of carbonyl (C=O) groups is 2. The maximum Gasteiger partial charge on any atom is 0.416 e. The molecule has 0 spiro atoms. The van der Waals surface area contributed by atoms with E-state index in [0.717, 1.165) is 49.8 Å². The predicted molar refractivity (Wildman–Crippen MR) is 131 cm³/mol. The zero-order valence-corrected chi connectivity index (χ0v) is 21.5. The number of rotatable bonds is 10. The molecule has 0 atom stereocenters. The van der Waals surface area contributed by atoms with Crippen LogP contribution in [-0.4, -0.2) is 24.1 Å². The normalized spacial score (nSPS) is 16.2. The van der Waals surface area contributed by atoms with E-state index in [9.17, 15) is 22.8 Å². The van der Waals surface area contributed by atoms with E-state index < -0.39 is 40.3 Å². The number of alkyl halides is 3. The van der Waals surface area contributed by atoms with Crippen LogP contribution in [0.3, 0.4) is 0 Å². The number of carbonyl (C=O) groups excluding carboxylic acids is 2. The van der Waals surface area contributed by atoms with Crippen LogP contribution in [0.4, 0.5) is 13.2 Å². The Hall–Kier alpha value is -2.97. The van der Waals surface area contributed by atoms with Crippen molar-refractivity contribution < 1.29 is 32.2 Å². The largest absolute Gasteiger partial charge is 0.486 e. The van der Waals surface area contributed by atoms with E-state index in [2.05, 4.69) is 11.9 Å². The van der Waals surface area contributed by atoms with Crippen molar-refractivity contribution in [2.75, 3.05) is 6.61 Å². The predicted octanol–water partition coefficient (Wildman–Crippen LogP) is 5.87. The van der Waals surface area contributed by atoms with Crippen LogP contribution in [0.2, 0.25) is 0 Å². The van der Waals surface area contributed by atoms with Gasteiger partial charge in [-0.3, -0.25) is 4.79 Å². The molecule has 1 saturated carbocycles. The standard InChI is InChI=1S/C27H37F3N2O4/c1-6-7-16-35-22(21(31)24(34)36-25(3,4)5)23(33)32-18(2)17-26(14-8-9-15-26)19-10-12-20(13-11-19)27(28,29)30/h10-13H,2,6-9,14-17,31H2,1,3-5H3,(H,32,33)/b22-21+. The molecular formula is C27H37F3N2O4. The van der Waals surface area contributed by atoms with Gasteiger partial charge in [-0.05, 0) is 64.2 Å². The van der Waals surface area contributed by atoms with Crippen molar-refractivity contribution in [2.24, 2.45) is 5.73 Å². The summed E-state index contributed by atoms with van der Waals surface area (Å²) >= 11 is 0. The zero-order chi connectivity index (χ0) is 27.1. The first-order chi connectivity index (χ1) is 16.7. The van der Waals surface area contributed by atoms with Crippen LogP contribution in [0.25, 0.3) is 0 Å². The van der Waals surface area contributed by atoms with Gasteiger partial charge in [0, 0.05) is 11.1 Å².